The maximum atomic E-state index is 12.8. The maximum Gasteiger partial charge on any atom is 0.472 e. The molecule has 0 heterocycles. The predicted octanol–water partition coefficient (Wildman–Crippen LogP) is 23.0. The van der Waals surface area contributed by atoms with Crippen molar-refractivity contribution in [2.75, 3.05) is 26.4 Å². The molecule has 0 radical (unpaired) electrons. The average molecular weight is 1180 g/mol. The first-order chi connectivity index (χ1) is 40.8. The topological polar surface area (TPSA) is 134 Å². The Labute approximate surface area is 513 Å². The zero-order chi connectivity index (χ0) is 60.1. The smallest absolute Gasteiger partial charge is 0.462 e. The van der Waals surface area contributed by atoms with Crippen LogP contribution in [0.2, 0.25) is 0 Å². The zero-order valence-electron chi connectivity index (χ0n) is 54.2. The van der Waals surface area contributed by atoms with Crippen LogP contribution in [0.5, 0.6) is 0 Å². The number of carbonyl (C=O) groups is 2. The van der Waals surface area contributed by atoms with Gasteiger partial charge in [0.25, 0.3) is 0 Å². The molecule has 0 saturated carbocycles. The van der Waals surface area contributed by atoms with Gasteiger partial charge in [-0.25, -0.2) is 4.57 Å². The van der Waals surface area contributed by atoms with Crippen LogP contribution in [-0.4, -0.2) is 49.3 Å². The van der Waals surface area contributed by atoms with Gasteiger partial charge < -0.3 is 20.1 Å². The third-order valence-corrected chi connectivity index (χ3v) is 16.2. The lowest BCUT2D eigenvalue weighted by atomic mass is 10.0. The summed E-state index contributed by atoms with van der Waals surface area (Å²) in [4.78, 5) is 35.4. The van der Waals surface area contributed by atoms with Gasteiger partial charge in [0.1, 0.15) is 6.61 Å². The standard InChI is InChI=1S/C73H132NO8P/c1-3-5-7-9-11-13-15-17-19-21-23-25-27-29-31-32-33-34-35-36-37-38-40-42-44-46-48-50-52-54-56-58-60-62-64-66-73(76)82-71(70-81-83(77,78)80-68-67-74)69-79-72(75)65-63-61-59-57-55-53-51-49-47-45-43-41-39-30-28-26-24-22-20-18-16-14-12-10-8-6-4-2/h5,7,11,13,17,19,22-25,29,31,33-34,71H,3-4,6,8-10,12,14-16,18,20-21,26-28,30,32,35-70,74H2,1-2H3,(H,77,78)/b7-5-,13-11-,19-17-,24-22-,25-23-,31-29-,34-33-. The summed E-state index contributed by atoms with van der Waals surface area (Å²) in [5, 5.41) is 0. The van der Waals surface area contributed by atoms with E-state index in [1.807, 2.05) is 0 Å². The van der Waals surface area contributed by atoms with E-state index < -0.39 is 26.5 Å². The fraction of sp³-hybridized carbons (Fsp3) is 0.781. The second-order valence-electron chi connectivity index (χ2n) is 23.4. The minimum absolute atomic E-state index is 0.0527. The molecule has 83 heavy (non-hydrogen) atoms. The highest BCUT2D eigenvalue weighted by Gasteiger charge is 2.26. The molecule has 0 saturated heterocycles. The molecule has 9 nitrogen and oxygen atoms in total. The summed E-state index contributed by atoms with van der Waals surface area (Å²) >= 11 is 0. The normalized spacial score (nSPS) is 13.4. The van der Waals surface area contributed by atoms with Crippen molar-refractivity contribution in [2.24, 2.45) is 5.73 Å². The van der Waals surface area contributed by atoms with Crippen molar-refractivity contribution in [3.05, 3.63) is 85.1 Å². The van der Waals surface area contributed by atoms with Crippen molar-refractivity contribution >= 4 is 19.8 Å². The largest absolute Gasteiger partial charge is 0.472 e. The van der Waals surface area contributed by atoms with Gasteiger partial charge in [-0.15, -0.1) is 0 Å². The molecule has 482 valence electrons. The number of hydrogen-bond donors (Lipinski definition) is 2. The van der Waals surface area contributed by atoms with Crippen molar-refractivity contribution < 1.29 is 37.6 Å². The predicted molar refractivity (Wildman–Crippen MR) is 358 cm³/mol. The Morgan fingerprint density at radius 2 is 0.663 bits per heavy atom. The number of phosphoric acid groups is 1. The number of nitrogens with two attached hydrogens (primary N) is 1. The van der Waals surface area contributed by atoms with E-state index in [1.165, 1.54) is 225 Å². The number of rotatable bonds is 66. The van der Waals surface area contributed by atoms with E-state index in [0.717, 1.165) is 77.0 Å². The highest BCUT2D eigenvalue weighted by atomic mass is 31.2. The number of phosphoric ester groups is 1. The van der Waals surface area contributed by atoms with Gasteiger partial charge in [0, 0.05) is 19.4 Å². The van der Waals surface area contributed by atoms with E-state index in [4.69, 9.17) is 24.3 Å². The molecule has 0 aromatic carbocycles. The first-order valence-electron chi connectivity index (χ1n) is 35.1. The zero-order valence-corrected chi connectivity index (χ0v) is 55.1. The molecule has 2 unspecified atom stereocenters. The molecule has 3 N–H and O–H groups in total. The Morgan fingerprint density at radius 3 is 1.00 bits per heavy atom. The molecule has 0 bridgehead atoms. The lowest BCUT2D eigenvalue weighted by Gasteiger charge is -2.19. The van der Waals surface area contributed by atoms with E-state index in [1.54, 1.807) is 0 Å². The van der Waals surface area contributed by atoms with Crippen LogP contribution in [0, 0.1) is 0 Å². The van der Waals surface area contributed by atoms with Gasteiger partial charge in [0.2, 0.25) is 0 Å². The highest BCUT2D eigenvalue weighted by molar-refractivity contribution is 7.47. The van der Waals surface area contributed by atoms with Gasteiger partial charge in [0.15, 0.2) is 6.10 Å². The molecular weight excluding hydrogens is 1050 g/mol. The van der Waals surface area contributed by atoms with E-state index in [9.17, 15) is 19.0 Å². The summed E-state index contributed by atoms with van der Waals surface area (Å²) in [6.07, 6.45) is 91.0. The van der Waals surface area contributed by atoms with E-state index in [0.29, 0.717) is 6.42 Å². The molecule has 0 aromatic rings. The molecule has 0 rings (SSSR count). The van der Waals surface area contributed by atoms with Crippen LogP contribution in [0.1, 0.15) is 335 Å². The molecule has 0 aliphatic carbocycles. The Morgan fingerprint density at radius 1 is 0.373 bits per heavy atom. The van der Waals surface area contributed by atoms with Crippen LogP contribution >= 0.6 is 7.82 Å². The molecule has 0 amide bonds. The highest BCUT2D eigenvalue weighted by Crippen LogP contribution is 2.43. The molecule has 10 heteroatoms. The number of unbranched alkanes of at least 4 members (excludes halogenated alkanes) is 39. The second-order valence-corrected chi connectivity index (χ2v) is 24.8. The van der Waals surface area contributed by atoms with Gasteiger partial charge in [0.05, 0.1) is 13.2 Å². The average Bonchev–Trinajstić information content (AvgIpc) is 3.48. The minimum Gasteiger partial charge on any atom is -0.462 e. The molecule has 0 aliphatic rings. The van der Waals surface area contributed by atoms with E-state index in [-0.39, 0.29) is 38.6 Å². The summed E-state index contributed by atoms with van der Waals surface area (Å²) in [6, 6.07) is 0. The lowest BCUT2D eigenvalue weighted by molar-refractivity contribution is -0.161. The number of carbonyl (C=O) groups excluding carboxylic acids is 2. The first kappa shape index (κ1) is 80.2. The van der Waals surface area contributed by atoms with E-state index in [2.05, 4.69) is 98.9 Å². The molecule has 0 fully saturated rings. The maximum absolute atomic E-state index is 12.8. The van der Waals surface area contributed by atoms with Crippen LogP contribution in [0.4, 0.5) is 0 Å². The minimum atomic E-state index is -4.39. The SMILES string of the molecule is CC/C=C\C/C=C\C/C=C\C/C=C\C/C=C\C/C=C\CCCCCCCCCCCCCCCCCCC(=O)OC(COC(=O)CCCCCCCCCCCCCCCCC/C=C\CCCCCCCCCC)COP(=O)(O)OCCN. The molecule has 0 aromatic heterocycles. The second kappa shape index (κ2) is 68.3. The van der Waals surface area contributed by atoms with Crippen molar-refractivity contribution in [2.45, 2.75) is 341 Å². The Balaban J connectivity index is 3.86. The van der Waals surface area contributed by atoms with Gasteiger partial charge in [-0.3, -0.25) is 18.6 Å². The van der Waals surface area contributed by atoms with Crippen LogP contribution in [0.25, 0.3) is 0 Å². The van der Waals surface area contributed by atoms with Crippen molar-refractivity contribution in [3.63, 3.8) is 0 Å². The molecule has 0 spiro atoms. The van der Waals surface area contributed by atoms with Crippen LogP contribution in [0.15, 0.2) is 85.1 Å². The van der Waals surface area contributed by atoms with Crippen molar-refractivity contribution in [3.8, 4) is 0 Å². The van der Waals surface area contributed by atoms with Crippen molar-refractivity contribution in [1.29, 1.82) is 0 Å². The van der Waals surface area contributed by atoms with Crippen LogP contribution in [-0.2, 0) is 32.7 Å². The molecule has 2 atom stereocenters. The number of ether oxygens (including phenoxy) is 2. The van der Waals surface area contributed by atoms with Gasteiger partial charge in [-0.2, -0.15) is 0 Å². The Bertz CT molecular complexity index is 1640. The fourth-order valence-electron chi connectivity index (χ4n) is 10.1. The molecular formula is C73H132NO8P. The Kier molecular flexibility index (Phi) is 66.0. The van der Waals surface area contributed by atoms with Crippen LogP contribution in [0.3, 0.4) is 0 Å². The quantitative estimate of drug-likeness (QED) is 0.0264. The van der Waals surface area contributed by atoms with E-state index >= 15 is 0 Å². The summed E-state index contributed by atoms with van der Waals surface area (Å²) < 4.78 is 33.2. The monoisotopic (exact) mass is 1180 g/mol. The Hall–Kier alpha value is -2.81. The summed E-state index contributed by atoms with van der Waals surface area (Å²) in [5.74, 6) is -0.814. The fourth-order valence-corrected chi connectivity index (χ4v) is 10.9. The summed E-state index contributed by atoms with van der Waals surface area (Å²) in [6.45, 7) is 3.68. The van der Waals surface area contributed by atoms with Gasteiger partial charge in [-0.1, -0.05) is 317 Å². The van der Waals surface area contributed by atoms with Gasteiger partial charge in [-0.05, 0) is 89.9 Å². The van der Waals surface area contributed by atoms with Crippen molar-refractivity contribution in [1.82, 2.24) is 0 Å². The summed E-state index contributed by atoms with van der Waals surface area (Å²) in [7, 11) is -4.39. The third-order valence-electron chi connectivity index (χ3n) is 15.3. The lowest BCUT2D eigenvalue weighted by Crippen LogP contribution is -2.29. The summed E-state index contributed by atoms with van der Waals surface area (Å²) in [5.41, 5.74) is 5.40. The third kappa shape index (κ3) is 68.2. The number of esters is 2. The number of hydrogen-bond acceptors (Lipinski definition) is 8. The van der Waals surface area contributed by atoms with Gasteiger partial charge >= 0.3 is 19.8 Å². The first-order valence-corrected chi connectivity index (χ1v) is 36.6. The number of allylic oxidation sites excluding steroid dienone is 14. The molecule has 0 aliphatic heterocycles. The van der Waals surface area contributed by atoms with Crippen LogP contribution < -0.4 is 5.73 Å².